The quantitative estimate of drug-likeness (QED) is 0.601. The third-order valence-corrected chi connectivity index (χ3v) is 5.51. The number of hydrogen-bond acceptors (Lipinski definition) is 5. The Labute approximate surface area is 162 Å². The van der Waals surface area contributed by atoms with Crippen molar-refractivity contribution in [3.63, 3.8) is 0 Å². The predicted octanol–water partition coefficient (Wildman–Crippen LogP) is 2.00. The Hall–Kier alpha value is -2.32. The minimum atomic E-state index is -0.209. The Bertz CT molecular complexity index is 845. The standard InChI is InChI=1S/C19H24N4O3S/c1-12-4-3-5-16(13(12)2)22-18(26)11-27-19-20-8-15(10-24)23(19)9-17(25)21-14-6-7-14/h3-5,8,14,24H,6-7,9-11H2,1-2H3,(H,21,25)(H,22,26). The van der Waals surface area contributed by atoms with Crippen LogP contribution in [0.5, 0.6) is 0 Å². The number of carbonyl (C=O) groups is 2. The highest BCUT2D eigenvalue weighted by Crippen LogP contribution is 2.22. The fourth-order valence-electron chi connectivity index (χ4n) is 2.65. The van der Waals surface area contributed by atoms with Crippen molar-refractivity contribution in [2.75, 3.05) is 11.1 Å². The van der Waals surface area contributed by atoms with E-state index < -0.39 is 0 Å². The van der Waals surface area contributed by atoms with Gasteiger partial charge in [-0.3, -0.25) is 9.59 Å². The van der Waals surface area contributed by atoms with Crippen LogP contribution in [0, 0.1) is 13.8 Å². The molecule has 3 N–H and O–H groups in total. The first kappa shape index (κ1) is 19.4. The first-order valence-corrected chi connectivity index (χ1v) is 9.90. The Morgan fingerprint density at radius 1 is 1.30 bits per heavy atom. The Balaban J connectivity index is 1.61. The van der Waals surface area contributed by atoms with Gasteiger partial charge in [0.1, 0.15) is 6.54 Å². The van der Waals surface area contributed by atoms with Crippen LogP contribution in [-0.4, -0.2) is 38.3 Å². The highest BCUT2D eigenvalue weighted by molar-refractivity contribution is 7.99. The topological polar surface area (TPSA) is 96.2 Å². The number of nitrogens with zero attached hydrogens (tertiary/aromatic N) is 2. The Kier molecular flexibility index (Phi) is 6.18. The van der Waals surface area contributed by atoms with Crippen molar-refractivity contribution in [3.8, 4) is 0 Å². The second kappa shape index (κ2) is 8.58. The van der Waals surface area contributed by atoms with Gasteiger partial charge in [-0.05, 0) is 43.9 Å². The molecular weight excluding hydrogens is 364 g/mol. The fourth-order valence-corrected chi connectivity index (χ4v) is 3.45. The molecule has 144 valence electrons. The predicted molar refractivity (Wildman–Crippen MR) is 105 cm³/mol. The number of hydrogen-bond donors (Lipinski definition) is 3. The number of imidazole rings is 1. The van der Waals surface area contributed by atoms with E-state index in [1.54, 1.807) is 4.57 Å². The van der Waals surface area contributed by atoms with Crippen LogP contribution in [0.1, 0.15) is 29.7 Å². The number of carbonyl (C=O) groups excluding carboxylic acids is 2. The molecular formula is C19H24N4O3S. The molecule has 0 unspecified atom stereocenters. The van der Waals surface area contributed by atoms with E-state index in [-0.39, 0.29) is 36.8 Å². The SMILES string of the molecule is Cc1cccc(NC(=O)CSc2ncc(CO)n2CC(=O)NC2CC2)c1C. The number of anilines is 1. The number of rotatable bonds is 8. The second-order valence-corrected chi connectivity index (χ2v) is 7.64. The van der Waals surface area contributed by atoms with E-state index in [0.717, 1.165) is 29.7 Å². The fraction of sp³-hybridized carbons (Fsp3) is 0.421. The van der Waals surface area contributed by atoms with Crippen molar-refractivity contribution in [2.24, 2.45) is 0 Å². The molecule has 7 nitrogen and oxygen atoms in total. The molecule has 3 rings (SSSR count). The highest BCUT2D eigenvalue weighted by atomic mass is 32.2. The number of benzene rings is 1. The van der Waals surface area contributed by atoms with Crippen molar-refractivity contribution < 1.29 is 14.7 Å². The number of aromatic nitrogens is 2. The van der Waals surface area contributed by atoms with E-state index >= 15 is 0 Å². The smallest absolute Gasteiger partial charge is 0.240 e. The average molecular weight is 388 g/mol. The van der Waals surface area contributed by atoms with Crippen LogP contribution in [0.25, 0.3) is 0 Å². The molecule has 0 radical (unpaired) electrons. The zero-order chi connectivity index (χ0) is 19.4. The number of amides is 2. The first-order chi connectivity index (χ1) is 13.0. The molecule has 1 aromatic carbocycles. The summed E-state index contributed by atoms with van der Waals surface area (Å²) >= 11 is 1.25. The highest BCUT2D eigenvalue weighted by Gasteiger charge is 2.24. The maximum Gasteiger partial charge on any atom is 0.240 e. The van der Waals surface area contributed by atoms with E-state index in [0.29, 0.717) is 10.9 Å². The number of nitrogens with one attached hydrogen (secondary N) is 2. The molecule has 2 aromatic rings. The largest absolute Gasteiger partial charge is 0.390 e. The van der Waals surface area contributed by atoms with Gasteiger partial charge < -0.3 is 20.3 Å². The van der Waals surface area contributed by atoms with Gasteiger partial charge in [-0.15, -0.1) is 0 Å². The number of aliphatic hydroxyl groups excluding tert-OH is 1. The molecule has 0 aliphatic heterocycles. The van der Waals surface area contributed by atoms with Crippen LogP contribution in [-0.2, 0) is 22.7 Å². The third-order valence-electron chi connectivity index (χ3n) is 4.52. The molecule has 2 amide bonds. The van der Waals surface area contributed by atoms with Crippen molar-refractivity contribution >= 4 is 29.3 Å². The van der Waals surface area contributed by atoms with Gasteiger partial charge in [0, 0.05) is 11.7 Å². The normalized spacial score (nSPS) is 13.4. The molecule has 1 aromatic heterocycles. The Morgan fingerprint density at radius 2 is 2.07 bits per heavy atom. The van der Waals surface area contributed by atoms with E-state index in [1.165, 1.54) is 18.0 Å². The van der Waals surface area contributed by atoms with Gasteiger partial charge in [-0.1, -0.05) is 23.9 Å². The summed E-state index contributed by atoms with van der Waals surface area (Å²) in [5, 5.41) is 15.9. The van der Waals surface area contributed by atoms with E-state index in [1.807, 2.05) is 32.0 Å². The second-order valence-electron chi connectivity index (χ2n) is 6.70. The number of thioether (sulfide) groups is 1. The molecule has 0 atom stereocenters. The van der Waals surface area contributed by atoms with E-state index in [4.69, 9.17) is 0 Å². The molecule has 1 aliphatic rings. The summed E-state index contributed by atoms with van der Waals surface area (Å²) in [7, 11) is 0. The lowest BCUT2D eigenvalue weighted by Crippen LogP contribution is -2.30. The van der Waals surface area contributed by atoms with Gasteiger partial charge in [0.25, 0.3) is 0 Å². The van der Waals surface area contributed by atoms with E-state index in [2.05, 4.69) is 15.6 Å². The summed E-state index contributed by atoms with van der Waals surface area (Å²) in [6, 6.07) is 6.06. The molecule has 1 fully saturated rings. The van der Waals surface area contributed by atoms with Crippen LogP contribution in [0.15, 0.2) is 29.6 Å². The third kappa shape index (κ3) is 5.11. The Morgan fingerprint density at radius 3 is 2.78 bits per heavy atom. The van der Waals surface area contributed by atoms with Gasteiger partial charge in [-0.25, -0.2) is 4.98 Å². The first-order valence-electron chi connectivity index (χ1n) is 8.91. The lowest BCUT2D eigenvalue weighted by molar-refractivity contribution is -0.122. The monoisotopic (exact) mass is 388 g/mol. The maximum absolute atomic E-state index is 12.3. The molecule has 8 heteroatoms. The van der Waals surface area contributed by atoms with Crippen molar-refractivity contribution in [2.45, 2.75) is 51.0 Å². The summed E-state index contributed by atoms with van der Waals surface area (Å²) in [4.78, 5) is 28.7. The van der Waals surface area contributed by atoms with Gasteiger partial charge in [-0.2, -0.15) is 0 Å². The molecule has 27 heavy (non-hydrogen) atoms. The maximum atomic E-state index is 12.3. The van der Waals surface area contributed by atoms with Crippen molar-refractivity contribution in [3.05, 3.63) is 41.2 Å². The average Bonchev–Trinajstić information content (AvgIpc) is 3.36. The van der Waals surface area contributed by atoms with E-state index in [9.17, 15) is 14.7 Å². The lowest BCUT2D eigenvalue weighted by atomic mass is 10.1. The van der Waals surface area contributed by atoms with Gasteiger partial charge in [0.15, 0.2) is 5.16 Å². The zero-order valence-electron chi connectivity index (χ0n) is 15.5. The van der Waals surface area contributed by atoms with Crippen LogP contribution >= 0.6 is 11.8 Å². The van der Waals surface area contributed by atoms with Crippen molar-refractivity contribution in [1.29, 1.82) is 0 Å². The summed E-state index contributed by atoms with van der Waals surface area (Å²) in [5.74, 6) is -0.0809. The number of aryl methyl sites for hydroxylation is 1. The summed E-state index contributed by atoms with van der Waals surface area (Å²) < 4.78 is 1.66. The van der Waals surface area contributed by atoms with Crippen LogP contribution < -0.4 is 10.6 Å². The van der Waals surface area contributed by atoms with Crippen LogP contribution in [0.3, 0.4) is 0 Å². The molecule has 1 heterocycles. The lowest BCUT2D eigenvalue weighted by Gasteiger charge is -2.12. The summed E-state index contributed by atoms with van der Waals surface area (Å²) in [6.07, 6.45) is 3.57. The molecule has 1 saturated carbocycles. The van der Waals surface area contributed by atoms with Crippen LogP contribution in [0.2, 0.25) is 0 Å². The summed E-state index contributed by atoms with van der Waals surface area (Å²) in [6.45, 7) is 3.85. The zero-order valence-corrected chi connectivity index (χ0v) is 16.3. The molecule has 0 bridgehead atoms. The van der Waals surface area contributed by atoms with Crippen LogP contribution in [0.4, 0.5) is 5.69 Å². The van der Waals surface area contributed by atoms with Crippen molar-refractivity contribution in [1.82, 2.24) is 14.9 Å². The number of aliphatic hydroxyl groups is 1. The molecule has 0 spiro atoms. The molecule has 0 saturated heterocycles. The minimum absolute atomic E-state index is 0.0906. The summed E-state index contributed by atoms with van der Waals surface area (Å²) in [5.41, 5.74) is 3.50. The van der Waals surface area contributed by atoms with Gasteiger partial charge in [0.05, 0.1) is 24.3 Å². The minimum Gasteiger partial charge on any atom is -0.390 e. The van der Waals surface area contributed by atoms with Gasteiger partial charge >= 0.3 is 0 Å². The van der Waals surface area contributed by atoms with Gasteiger partial charge in [0.2, 0.25) is 11.8 Å². The molecule has 1 aliphatic carbocycles.